The van der Waals surface area contributed by atoms with Gasteiger partial charge in [0, 0.05) is 12.8 Å². The van der Waals surface area contributed by atoms with Gasteiger partial charge in [-0.25, -0.2) is 4.79 Å². The van der Waals surface area contributed by atoms with Gasteiger partial charge in [0.25, 0.3) is 0 Å². The molecule has 2 aliphatic rings. The third-order valence-electron chi connectivity index (χ3n) is 4.20. The lowest BCUT2D eigenvalue weighted by Crippen LogP contribution is -2.63. The number of ether oxygens (including phenoxy) is 2. The summed E-state index contributed by atoms with van der Waals surface area (Å²) >= 11 is 5.42. The average molecular weight is 347 g/mol. The number of fused-ring (bicyclic) bond motifs is 1. The van der Waals surface area contributed by atoms with Crippen LogP contribution >= 0.6 is 12.2 Å². The van der Waals surface area contributed by atoms with E-state index >= 15 is 0 Å². The van der Waals surface area contributed by atoms with Crippen LogP contribution in [0.4, 0.5) is 0 Å². The van der Waals surface area contributed by atoms with Crippen molar-refractivity contribution in [3.63, 3.8) is 0 Å². The molecule has 0 amide bonds. The van der Waals surface area contributed by atoms with Gasteiger partial charge in [0.1, 0.15) is 11.4 Å². The molecule has 0 spiro atoms. The number of hydrogen-bond donors (Lipinski definition) is 0. The lowest BCUT2D eigenvalue weighted by molar-refractivity contribution is -0.169. The van der Waals surface area contributed by atoms with Crippen LogP contribution in [0.2, 0.25) is 0 Å². The fraction of sp³-hybridized carbons (Fsp3) is 0.786. The standard InChI is InChI=1S/C14H21NO5S2/c1-7(2)9-11(21)15-10(13(17)20-6-19-8(3)16)14(4,5)22(18)12(9)15/h7,9-10,12H,6H2,1-5H3/t9-,10+,12-,22?/m1/s1. The van der Waals surface area contributed by atoms with E-state index in [1.54, 1.807) is 18.7 Å². The Morgan fingerprint density at radius 3 is 2.45 bits per heavy atom. The van der Waals surface area contributed by atoms with E-state index in [-0.39, 0.29) is 17.2 Å². The SMILES string of the molecule is CC(=O)OCOC(=O)[C@@H]1N2C(=S)[C@@H](C(C)C)[C@H]2S(=O)C1(C)C. The van der Waals surface area contributed by atoms with Gasteiger partial charge in [0.05, 0.1) is 20.5 Å². The molecule has 6 nitrogen and oxygen atoms in total. The Morgan fingerprint density at radius 2 is 1.95 bits per heavy atom. The Morgan fingerprint density at radius 1 is 1.36 bits per heavy atom. The number of hydrogen-bond acceptors (Lipinski definition) is 6. The first kappa shape index (κ1) is 17.3. The minimum absolute atomic E-state index is 0.0429. The number of thiocarbonyl (C=S) groups is 1. The van der Waals surface area contributed by atoms with E-state index in [0.717, 1.165) is 0 Å². The number of esters is 2. The van der Waals surface area contributed by atoms with Gasteiger partial charge in [0.15, 0.2) is 0 Å². The highest BCUT2D eigenvalue weighted by molar-refractivity contribution is 7.88. The summed E-state index contributed by atoms with van der Waals surface area (Å²) < 4.78 is 21.6. The molecule has 22 heavy (non-hydrogen) atoms. The monoisotopic (exact) mass is 347 g/mol. The number of nitrogens with zero attached hydrogens (tertiary/aromatic N) is 1. The number of carbonyl (C=O) groups is 2. The van der Waals surface area contributed by atoms with E-state index in [1.807, 2.05) is 13.8 Å². The van der Waals surface area contributed by atoms with E-state index < -0.39 is 40.3 Å². The molecule has 0 bridgehead atoms. The zero-order chi connectivity index (χ0) is 16.8. The molecule has 0 saturated carbocycles. The summed E-state index contributed by atoms with van der Waals surface area (Å²) in [6.07, 6.45) is 0. The highest BCUT2D eigenvalue weighted by Crippen LogP contribution is 2.49. The fourth-order valence-electron chi connectivity index (χ4n) is 3.04. The summed E-state index contributed by atoms with van der Waals surface area (Å²) in [5.74, 6) is -0.781. The summed E-state index contributed by atoms with van der Waals surface area (Å²) in [6.45, 7) is 8.41. The maximum atomic E-state index is 12.8. The van der Waals surface area contributed by atoms with Crippen molar-refractivity contribution in [1.82, 2.24) is 4.90 Å². The largest absolute Gasteiger partial charge is 0.428 e. The summed E-state index contributed by atoms with van der Waals surface area (Å²) in [5, 5.41) is -0.242. The van der Waals surface area contributed by atoms with Crippen LogP contribution in [-0.4, -0.2) is 49.0 Å². The number of rotatable bonds is 4. The first-order chi connectivity index (χ1) is 10.1. The van der Waals surface area contributed by atoms with Gasteiger partial charge in [-0.2, -0.15) is 0 Å². The van der Waals surface area contributed by atoms with Crippen LogP contribution in [-0.2, 0) is 29.9 Å². The molecule has 0 aromatic rings. The lowest BCUT2D eigenvalue weighted by Gasteiger charge is -2.48. The highest BCUT2D eigenvalue weighted by atomic mass is 32.2. The van der Waals surface area contributed by atoms with E-state index in [2.05, 4.69) is 4.74 Å². The van der Waals surface area contributed by atoms with E-state index in [9.17, 15) is 13.8 Å². The normalized spacial score (nSPS) is 32.5. The Hall–Kier alpha value is -1.02. The molecule has 2 aliphatic heterocycles. The van der Waals surface area contributed by atoms with Gasteiger partial charge >= 0.3 is 11.9 Å². The minimum Gasteiger partial charge on any atom is -0.428 e. The van der Waals surface area contributed by atoms with Gasteiger partial charge < -0.3 is 14.4 Å². The predicted molar refractivity (Wildman–Crippen MR) is 85.3 cm³/mol. The van der Waals surface area contributed by atoms with Crippen LogP contribution < -0.4 is 0 Å². The van der Waals surface area contributed by atoms with Crippen molar-refractivity contribution < 1.29 is 23.3 Å². The van der Waals surface area contributed by atoms with Crippen molar-refractivity contribution in [1.29, 1.82) is 0 Å². The molecular formula is C14H21NO5S2. The molecule has 1 unspecified atom stereocenters. The zero-order valence-corrected chi connectivity index (χ0v) is 15.0. The second-order valence-electron chi connectivity index (χ2n) is 6.43. The quantitative estimate of drug-likeness (QED) is 0.430. The molecular weight excluding hydrogens is 326 g/mol. The van der Waals surface area contributed by atoms with Crippen LogP contribution in [0.25, 0.3) is 0 Å². The minimum atomic E-state index is -1.23. The first-order valence-electron chi connectivity index (χ1n) is 7.13. The maximum absolute atomic E-state index is 12.8. The van der Waals surface area contributed by atoms with Gasteiger partial charge in [-0.15, -0.1) is 0 Å². The molecule has 124 valence electrons. The molecule has 8 heteroatoms. The summed E-state index contributed by atoms with van der Waals surface area (Å²) in [6, 6.07) is -0.712. The van der Waals surface area contributed by atoms with Crippen molar-refractivity contribution in [2.75, 3.05) is 6.79 Å². The van der Waals surface area contributed by atoms with E-state index in [4.69, 9.17) is 17.0 Å². The van der Waals surface area contributed by atoms with E-state index in [0.29, 0.717) is 4.99 Å². The van der Waals surface area contributed by atoms with Crippen LogP contribution in [0.5, 0.6) is 0 Å². The average Bonchev–Trinajstić information content (AvgIpc) is 2.55. The van der Waals surface area contributed by atoms with Crippen LogP contribution in [0.3, 0.4) is 0 Å². The van der Waals surface area contributed by atoms with Gasteiger partial charge in [-0.1, -0.05) is 26.1 Å². The van der Waals surface area contributed by atoms with Crippen LogP contribution in [0.1, 0.15) is 34.6 Å². The van der Waals surface area contributed by atoms with Gasteiger partial charge in [-0.3, -0.25) is 9.00 Å². The van der Waals surface area contributed by atoms with Crippen LogP contribution in [0, 0.1) is 11.8 Å². The second kappa shape index (κ2) is 5.88. The molecule has 4 atom stereocenters. The Balaban J connectivity index is 2.18. The van der Waals surface area contributed by atoms with Gasteiger partial charge in [0.2, 0.25) is 6.79 Å². The Bertz CT molecular complexity index is 545. The molecule has 0 N–H and O–H groups in total. The second-order valence-corrected chi connectivity index (χ2v) is 8.97. The smallest absolute Gasteiger partial charge is 0.333 e. The van der Waals surface area contributed by atoms with Crippen molar-refractivity contribution in [3.05, 3.63) is 0 Å². The van der Waals surface area contributed by atoms with Crippen molar-refractivity contribution >= 4 is 39.9 Å². The predicted octanol–water partition coefficient (Wildman–Crippen LogP) is 1.20. The lowest BCUT2D eigenvalue weighted by atomic mass is 9.85. The Kier molecular flexibility index (Phi) is 4.64. The molecule has 0 aromatic heterocycles. The molecule has 0 aromatic carbocycles. The highest BCUT2D eigenvalue weighted by Gasteiger charge is 2.66. The zero-order valence-electron chi connectivity index (χ0n) is 13.3. The van der Waals surface area contributed by atoms with Crippen LogP contribution in [0.15, 0.2) is 0 Å². The van der Waals surface area contributed by atoms with E-state index in [1.165, 1.54) is 6.92 Å². The third-order valence-corrected chi connectivity index (χ3v) is 6.90. The summed E-state index contributed by atoms with van der Waals surface area (Å²) in [5.41, 5.74) is 0. The topological polar surface area (TPSA) is 72.9 Å². The maximum Gasteiger partial charge on any atom is 0.333 e. The molecule has 2 fully saturated rings. The third kappa shape index (κ3) is 2.56. The molecule has 0 radical (unpaired) electrons. The fourth-order valence-corrected chi connectivity index (χ4v) is 6.01. The molecule has 2 heterocycles. The molecule has 0 aliphatic carbocycles. The Labute approximate surface area is 138 Å². The van der Waals surface area contributed by atoms with Gasteiger partial charge in [-0.05, 0) is 19.8 Å². The first-order valence-corrected chi connectivity index (χ1v) is 8.75. The number of carbonyl (C=O) groups excluding carboxylic acids is 2. The van der Waals surface area contributed by atoms with Crippen molar-refractivity contribution in [3.8, 4) is 0 Å². The summed E-state index contributed by atoms with van der Waals surface area (Å²) in [7, 11) is -1.23. The molecule has 2 saturated heterocycles. The summed E-state index contributed by atoms with van der Waals surface area (Å²) in [4.78, 5) is 25.5. The molecule has 2 rings (SSSR count). The van der Waals surface area contributed by atoms with Crippen molar-refractivity contribution in [2.45, 2.75) is 50.8 Å². The van der Waals surface area contributed by atoms with Crippen molar-refractivity contribution in [2.24, 2.45) is 11.8 Å².